The highest BCUT2D eigenvalue weighted by atomic mass is 35.5. The minimum atomic E-state index is -0.872. The molecule has 1 saturated carbocycles. The molecule has 4 amide bonds. The Labute approximate surface area is 188 Å². The summed E-state index contributed by atoms with van der Waals surface area (Å²) in [5, 5.41) is 4.81. The zero-order valence-corrected chi connectivity index (χ0v) is 18.7. The van der Waals surface area contributed by atoms with Crippen LogP contribution < -0.4 is 10.7 Å². The second kappa shape index (κ2) is 9.05. The first-order valence-corrected chi connectivity index (χ1v) is 11.5. The lowest BCUT2D eigenvalue weighted by atomic mass is 9.82. The van der Waals surface area contributed by atoms with Crippen molar-refractivity contribution >= 4 is 52.2 Å². The average Bonchev–Trinajstić information content (AvgIpc) is 3.20. The van der Waals surface area contributed by atoms with Crippen LogP contribution in [-0.4, -0.2) is 57.4 Å². The van der Waals surface area contributed by atoms with Gasteiger partial charge in [0, 0.05) is 18.7 Å². The lowest BCUT2D eigenvalue weighted by Crippen LogP contribution is -2.51. The number of halogens is 1. The van der Waals surface area contributed by atoms with Gasteiger partial charge in [0.25, 0.3) is 5.91 Å². The maximum Gasteiger partial charge on any atom is 0.344 e. The molecule has 1 aromatic heterocycles. The summed E-state index contributed by atoms with van der Waals surface area (Å²) in [7, 11) is 1.62. The number of hydrogen-bond acceptors (Lipinski definition) is 6. The van der Waals surface area contributed by atoms with Gasteiger partial charge in [0.1, 0.15) is 5.54 Å². The first kappa shape index (κ1) is 21.9. The van der Waals surface area contributed by atoms with Crippen molar-refractivity contribution in [3.63, 3.8) is 0 Å². The van der Waals surface area contributed by atoms with Crippen LogP contribution in [0.25, 0.3) is 11.0 Å². The molecule has 2 aromatic rings. The number of urea groups is 1. The van der Waals surface area contributed by atoms with Crippen LogP contribution in [0.4, 0.5) is 4.79 Å². The van der Waals surface area contributed by atoms with Crippen LogP contribution in [0.5, 0.6) is 0 Å². The Hall–Kier alpha value is -2.30. The van der Waals surface area contributed by atoms with Crippen molar-refractivity contribution in [2.45, 2.75) is 49.3 Å². The highest BCUT2D eigenvalue weighted by Crippen LogP contribution is 2.33. The van der Waals surface area contributed by atoms with Crippen LogP contribution in [0.1, 0.15) is 32.1 Å². The Bertz CT molecular complexity index is 1020. The van der Waals surface area contributed by atoms with Crippen LogP contribution in [0.2, 0.25) is 5.02 Å². The Morgan fingerprint density at radius 2 is 2.10 bits per heavy atom. The van der Waals surface area contributed by atoms with E-state index in [0.29, 0.717) is 36.2 Å². The number of thioether (sulfide) groups is 1. The van der Waals surface area contributed by atoms with E-state index in [1.54, 1.807) is 19.2 Å². The number of imide groups is 1. The number of methoxy groups -OCH3 is 1. The molecule has 9 nitrogen and oxygen atoms in total. The third-order valence-electron chi connectivity index (χ3n) is 5.63. The number of fused-ring (bicyclic) bond motifs is 1. The lowest BCUT2D eigenvalue weighted by Gasteiger charge is -2.30. The molecule has 1 aliphatic carbocycles. The topological polar surface area (TPSA) is 106 Å². The van der Waals surface area contributed by atoms with Gasteiger partial charge in [-0.15, -0.1) is 0 Å². The van der Waals surface area contributed by atoms with E-state index in [0.717, 1.165) is 35.3 Å². The maximum atomic E-state index is 12.8. The van der Waals surface area contributed by atoms with Gasteiger partial charge in [0.15, 0.2) is 5.16 Å². The number of hydrogen-bond donors (Lipinski definition) is 2. The van der Waals surface area contributed by atoms with E-state index in [-0.39, 0.29) is 11.7 Å². The van der Waals surface area contributed by atoms with Crippen LogP contribution in [0.15, 0.2) is 23.4 Å². The molecule has 0 bridgehead atoms. The van der Waals surface area contributed by atoms with Gasteiger partial charge in [-0.3, -0.25) is 15.0 Å². The molecule has 2 heterocycles. The number of amides is 4. The number of ether oxygens (including phenoxy) is 1. The molecule has 2 aliphatic rings. The molecule has 2 fully saturated rings. The predicted molar refractivity (Wildman–Crippen MR) is 117 cm³/mol. The predicted octanol–water partition coefficient (Wildman–Crippen LogP) is 2.71. The summed E-state index contributed by atoms with van der Waals surface area (Å²) in [6.45, 7) is 1.05. The molecule has 31 heavy (non-hydrogen) atoms. The molecular formula is C20H24ClN5O4S. The highest BCUT2D eigenvalue weighted by Gasteiger charge is 2.52. The monoisotopic (exact) mass is 465 g/mol. The van der Waals surface area contributed by atoms with Gasteiger partial charge in [-0.1, -0.05) is 42.6 Å². The number of aromatic nitrogens is 2. The normalized spacial score (nSPS) is 18.1. The van der Waals surface area contributed by atoms with Crippen molar-refractivity contribution in [1.29, 1.82) is 0 Å². The van der Waals surface area contributed by atoms with Crippen molar-refractivity contribution < 1.29 is 19.1 Å². The summed E-state index contributed by atoms with van der Waals surface area (Å²) in [6.07, 6.45) is 4.01. The number of nitrogens with zero attached hydrogens (tertiary/aromatic N) is 3. The highest BCUT2D eigenvalue weighted by molar-refractivity contribution is 7.99. The molecular weight excluding hydrogens is 442 g/mol. The zero-order chi connectivity index (χ0) is 22.0. The third kappa shape index (κ3) is 4.37. The summed E-state index contributed by atoms with van der Waals surface area (Å²) in [4.78, 5) is 42.2. The molecule has 1 aromatic carbocycles. The van der Waals surface area contributed by atoms with E-state index < -0.39 is 17.5 Å². The number of nitrogens with one attached hydrogen (secondary N) is 2. The minimum Gasteiger partial charge on any atom is -0.383 e. The molecule has 1 aliphatic heterocycles. The van der Waals surface area contributed by atoms with Gasteiger partial charge in [0.2, 0.25) is 5.91 Å². The zero-order valence-electron chi connectivity index (χ0n) is 17.1. The van der Waals surface area contributed by atoms with E-state index in [1.165, 1.54) is 11.8 Å². The van der Waals surface area contributed by atoms with E-state index in [2.05, 4.69) is 15.7 Å². The van der Waals surface area contributed by atoms with E-state index >= 15 is 0 Å². The van der Waals surface area contributed by atoms with Gasteiger partial charge in [-0.25, -0.2) is 9.78 Å². The molecule has 0 radical (unpaired) electrons. The molecule has 1 spiro atoms. The molecule has 1 saturated heterocycles. The van der Waals surface area contributed by atoms with Crippen molar-refractivity contribution in [2.75, 3.05) is 19.5 Å². The molecule has 4 rings (SSSR count). The fraction of sp³-hybridized carbons (Fsp3) is 0.500. The maximum absolute atomic E-state index is 12.8. The Kier molecular flexibility index (Phi) is 6.40. The average molecular weight is 466 g/mol. The van der Waals surface area contributed by atoms with Crippen LogP contribution >= 0.6 is 23.4 Å². The van der Waals surface area contributed by atoms with Crippen LogP contribution in [0.3, 0.4) is 0 Å². The Balaban J connectivity index is 1.43. The third-order valence-corrected chi connectivity index (χ3v) is 6.84. The van der Waals surface area contributed by atoms with Gasteiger partial charge in [0.05, 0.1) is 23.4 Å². The summed E-state index contributed by atoms with van der Waals surface area (Å²) in [6, 6.07) is 4.85. The first-order chi connectivity index (χ1) is 14.9. The van der Waals surface area contributed by atoms with Gasteiger partial charge >= 0.3 is 6.03 Å². The summed E-state index contributed by atoms with van der Waals surface area (Å²) in [5.74, 6) is -0.837. The fourth-order valence-electron chi connectivity index (χ4n) is 4.09. The van der Waals surface area contributed by atoms with Crippen molar-refractivity contribution in [3.8, 4) is 0 Å². The largest absolute Gasteiger partial charge is 0.383 e. The number of rotatable bonds is 7. The van der Waals surface area contributed by atoms with Crippen LogP contribution in [0, 0.1) is 0 Å². The Morgan fingerprint density at radius 3 is 2.84 bits per heavy atom. The number of hydrazine groups is 1. The molecule has 0 unspecified atom stereocenters. The van der Waals surface area contributed by atoms with E-state index in [1.807, 2.05) is 10.6 Å². The SMILES string of the molecule is COCCn1c(SCC(=O)NN2C(=O)NC3(CCCCC3)C2=O)nc2cc(Cl)ccc21. The molecule has 0 atom stereocenters. The standard InChI is InChI=1S/C20H24ClN5O4S/c1-30-10-9-25-15-6-5-13(21)11-14(15)22-19(25)31-12-16(27)24-26-17(28)20(23-18(26)29)7-3-2-4-8-20/h5-6,11H,2-4,7-10,12H2,1H3,(H,23,29)(H,24,27). The van der Waals surface area contributed by atoms with Gasteiger partial charge in [-0.2, -0.15) is 5.01 Å². The summed E-state index contributed by atoms with van der Waals surface area (Å²) in [5.41, 5.74) is 3.19. The number of benzene rings is 1. The van der Waals surface area contributed by atoms with E-state index in [4.69, 9.17) is 16.3 Å². The Morgan fingerprint density at radius 1 is 1.32 bits per heavy atom. The molecule has 166 valence electrons. The van der Waals surface area contributed by atoms with Crippen molar-refractivity contribution in [3.05, 3.63) is 23.2 Å². The second-order valence-corrected chi connectivity index (χ2v) is 9.09. The van der Waals surface area contributed by atoms with Crippen molar-refractivity contribution in [2.24, 2.45) is 0 Å². The molecule has 11 heteroatoms. The minimum absolute atomic E-state index is 0.00586. The van der Waals surface area contributed by atoms with E-state index in [9.17, 15) is 14.4 Å². The number of carbonyl (C=O) groups excluding carboxylic acids is 3. The lowest BCUT2D eigenvalue weighted by molar-refractivity contribution is -0.139. The fourth-order valence-corrected chi connectivity index (χ4v) is 5.09. The van der Waals surface area contributed by atoms with Gasteiger partial charge in [-0.05, 0) is 31.0 Å². The van der Waals surface area contributed by atoms with Crippen molar-refractivity contribution in [1.82, 2.24) is 25.3 Å². The number of carbonyl (C=O) groups is 3. The summed E-state index contributed by atoms with van der Waals surface area (Å²) < 4.78 is 7.14. The van der Waals surface area contributed by atoms with Crippen LogP contribution in [-0.2, 0) is 20.9 Å². The molecule has 2 N–H and O–H groups in total. The first-order valence-electron chi connectivity index (χ1n) is 10.2. The number of imidazole rings is 1. The second-order valence-electron chi connectivity index (χ2n) is 7.71. The summed E-state index contributed by atoms with van der Waals surface area (Å²) >= 11 is 7.30. The van der Waals surface area contributed by atoms with Gasteiger partial charge < -0.3 is 14.6 Å². The quantitative estimate of drug-likeness (QED) is 0.481. The smallest absolute Gasteiger partial charge is 0.344 e.